The first kappa shape index (κ1) is 10.5. The number of allylic oxidation sites excluding steroid dienone is 8. The summed E-state index contributed by atoms with van der Waals surface area (Å²) in [5.41, 5.74) is 4.64. The highest BCUT2D eigenvalue weighted by Crippen LogP contribution is 2.43. The third-order valence-corrected chi connectivity index (χ3v) is 3.57. The van der Waals surface area contributed by atoms with Crippen molar-refractivity contribution in [3.05, 3.63) is 47.1 Å². The fourth-order valence-electron chi connectivity index (χ4n) is 2.42. The fraction of sp³-hybridized carbons (Fsp3) is 0.467. The maximum absolute atomic E-state index is 2.39. The van der Waals surface area contributed by atoms with Gasteiger partial charge in [-0.2, -0.15) is 0 Å². The lowest BCUT2D eigenvalue weighted by Crippen LogP contribution is -2.21. The quantitative estimate of drug-likeness (QED) is 0.587. The van der Waals surface area contributed by atoms with Gasteiger partial charge in [-0.25, -0.2) is 0 Å². The second-order valence-corrected chi connectivity index (χ2v) is 5.25. The van der Waals surface area contributed by atoms with E-state index < -0.39 is 0 Å². The predicted molar refractivity (Wildman–Crippen MR) is 66.6 cm³/mol. The number of rotatable bonds is 1. The molecule has 0 bridgehead atoms. The average Bonchev–Trinajstić information content (AvgIpc) is 2.17. The molecule has 2 aliphatic rings. The van der Waals surface area contributed by atoms with E-state index in [1.807, 2.05) is 0 Å². The molecule has 0 N–H and O–H groups in total. The van der Waals surface area contributed by atoms with Crippen LogP contribution < -0.4 is 0 Å². The SMILES string of the molecule is CC1=C2C=C(C(C)C)C=CC2(C)CC=C1. The zero-order chi connectivity index (χ0) is 11.1. The Balaban J connectivity index is 2.48. The summed E-state index contributed by atoms with van der Waals surface area (Å²) in [4.78, 5) is 0. The van der Waals surface area contributed by atoms with Gasteiger partial charge in [0.15, 0.2) is 0 Å². The topological polar surface area (TPSA) is 0 Å². The van der Waals surface area contributed by atoms with Crippen LogP contribution in [0.4, 0.5) is 0 Å². The predicted octanol–water partition coefficient (Wildman–Crippen LogP) is 4.42. The Hall–Kier alpha value is -1.04. The monoisotopic (exact) mass is 200 g/mol. The highest BCUT2D eigenvalue weighted by atomic mass is 14.3. The third kappa shape index (κ3) is 1.73. The number of hydrogen-bond acceptors (Lipinski definition) is 0. The zero-order valence-electron chi connectivity index (χ0n) is 10.2. The van der Waals surface area contributed by atoms with Crippen LogP contribution in [-0.2, 0) is 0 Å². The van der Waals surface area contributed by atoms with Crippen LogP contribution in [0, 0.1) is 11.3 Å². The Kier molecular flexibility index (Phi) is 2.46. The molecule has 0 fully saturated rings. The minimum atomic E-state index is 0.247. The van der Waals surface area contributed by atoms with Crippen LogP contribution in [0.3, 0.4) is 0 Å². The molecule has 1 atom stereocenters. The Morgan fingerprint density at radius 1 is 1.27 bits per heavy atom. The van der Waals surface area contributed by atoms with Crippen molar-refractivity contribution in [2.24, 2.45) is 11.3 Å². The standard InChI is InChI=1S/C15H20/c1-11(2)13-7-9-15(4)8-5-6-12(3)14(15)10-13/h5-7,9-11H,8H2,1-4H3. The first-order chi connectivity index (χ1) is 7.03. The number of fused-ring (bicyclic) bond motifs is 1. The minimum Gasteiger partial charge on any atom is -0.0831 e. The van der Waals surface area contributed by atoms with Gasteiger partial charge < -0.3 is 0 Å². The molecule has 0 saturated carbocycles. The van der Waals surface area contributed by atoms with Crippen LogP contribution >= 0.6 is 0 Å². The van der Waals surface area contributed by atoms with Gasteiger partial charge in [0.05, 0.1) is 0 Å². The van der Waals surface area contributed by atoms with Gasteiger partial charge in [0.25, 0.3) is 0 Å². The second-order valence-electron chi connectivity index (χ2n) is 5.25. The van der Waals surface area contributed by atoms with Crippen LogP contribution in [0.25, 0.3) is 0 Å². The molecule has 0 saturated heterocycles. The van der Waals surface area contributed by atoms with Crippen LogP contribution in [0.15, 0.2) is 47.1 Å². The van der Waals surface area contributed by atoms with Crippen molar-refractivity contribution >= 4 is 0 Å². The summed E-state index contributed by atoms with van der Waals surface area (Å²) in [5.74, 6) is 0.622. The van der Waals surface area contributed by atoms with Crippen molar-refractivity contribution in [2.75, 3.05) is 0 Å². The maximum atomic E-state index is 2.39. The second kappa shape index (κ2) is 3.52. The van der Waals surface area contributed by atoms with Gasteiger partial charge in [-0.1, -0.05) is 51.2 Å². The van der Waals surface area contributed by atoms with E-state index in [0.717, 1.165) is 6.42 Å². The van der Waals surface area contributed by atoms with E-state index in [4.69, 9.17) is 0 Å². The van der Waals surface area contributed by atoms with Gasteiger partial charge in [-0.3, -0.25) is 0 Å². The lowest BCUT2D eigenvalue weighted by Gasteiger charge is -2.34. The lowest BCUT2D eigenvalue weighted by molar-refractivity contribution is 0.516. The van der Waals surface area contributed by atoms with Crippen LogP contribution in [0.2, 0.25) is 0 Å². The van der Waals surface area contributed by atoms with E-state index in [1.165, 1.54) is 16.7 Å². The van der Waals surface area contributed by atoms with Gasteiger partial charge in [-0.05, 0) is 36.0 Å². The molecule has 1 unspecified atom stereocenters. The molecular formula is C15H20. The van der Waals surface area contributed by atoms with E-state index >= 15 is 0 Å². The molecular weight excluding hydrogens is 180 g/mol. The molecule has 0 heteroatoms. The van der Waals surface area contributed by atoms with Gasteiger partial charge >= 0.3 is 0 Å². The molecule has 0 amide bonds. The van der Waals surface area contributed by atoms with Crippen molar-refractivity contribution < 1.29 is 0 Å². The first-order valence-electron chi connectivity index (χ1n) is 5.82. The molecule has 0 aromatic rings. The Morgan fingerprint density at radius 2 is 2.00 bits per heavy atom. The van der Waals surface area contributed by atoms with Crippen molar-refractivity contribution in [3.63, 3.8) is 0 Å². The van der Waals surface area contributed by atoms with Gasteiger partial charge in [-0.15, -0.1) is 0 Å². The Morgan fingerprint density at radius 3 is 2.67 bits per heavy atom. The molecule has 0 heterocycles. The normalized spacial score (nSPS) is 29.5. The summed E-state index contributed by atoms with van der Waals surface area (Å²) in [6.07, 6.45) is 12.8. The molecule has 0 aromatic carbocycles. The molecule has 15 heavy (non-hydrogen) atoms. The van der Waals surface area contributed by atoms with Crippen molar-refractivity contribution in [2.45, 2.75) is 34.1 Å². The van der Waals surface area contributed by atoms with E-state index in [1.54, 1.807) is 0 Å². The van der Waals surface area contributed by atoms with Crippen molar-refractivity contribution in [3.8, 4) is 0 Å². The zero-order valence-corrected chi connectivity index (χ0v) is 10.2. The summed E-state index contributed by atoms with van der Waals surface area (Å²) < 4.78 is 0. The third-order valence-electron chi connectivity index (χ3n) is 3.57. The fourth-order valence-corrected chi connectivity index (χ4v) is 2.42. The number of hydrogen-bond donors (Lipinski definition) is 0. The van der Waals surface area contributed by atoms with Crippen molar-refractivity contribution in [1.82, 2.24) is 0 Å². The van der Waals surface area contributed by atoms with Gasteiger partial charge in [0.1, 0.15) is 0 Å². The van der Waals surface area contributed by atoms with Gasteiger partial charge in [0.2, 0.25) is 0 Å². The summed E-state index contributed by atoms with van der Waals surface area (Å²) in [7, 11) is 0. The maximum Gasteiger partial charge on any atom is 0.0144 e. The Labute approximate surface area is 93.1 Å². The molecule has 0 spiro atoms. The molecule has 2 aliphatic carbocycles. The summed E-state index contributed by atoms with van der Waals surface area (Å²) in [5, 5.41) is 0. The smallest absolute Gasteiger partial charge is 0.0144 e. The Bertz CT molecular complexity index is 388. The van der Waals surface area contributed by atoms with Crippen LogP contribution in [0.1, 0.15) is 34.1 Å². The molecule has 2 rings (SSSR count). The first-order valence-corrected chi connectivity index (χ1v) is 5.82. The van der Waals surface area contributed by atoms with E-state index in [2.05, 4.69) is 58.1 Å². The van der Waals surface area contributed by atoms with E-state index in [0.29, 0.717) is 5.92 Å². The summed E-state index contributed by atoms with van der Waals surface area (Å²) in [6, 6.07) is 0. The van der Waals surface area contributed by atoms with E-state index in [9.17, 15) is 0 Å². The summed E-state index contributed by atoms with van der Waals surface area (Å²) >= 11 is 0. The molecule has 0 aromatic heterocycles. The molecule has 0 radical (unpaired) electrons. The molecule has 0 aliphatic heterocycles. The minimum absolute atomic E-state index is 0.247. The largest absolute Gasteiger partial charge is 0.0831 e. The summed E-state index contributed by atoms with van der Waals surface area (Å²) in [6.45, 7) is 9.07. The lowest BCUT2D eigenvalue weighted by atomic mass is 9.70. The molecule has 80 valence electrons. The molecule has 0 nitrogen and oxygen atoms in total. The van der Waals surface area contributed by atoms with Crippen LogP contribution in [0.5, 0.6) is 0 Å². The van der Waals surface area contributed by atoms with E-state index in [-0.39, 0.29) is 5.41 Å². The van der Waals surface area contributed by atoms with Gasteiger partial charge in [0, 0.05) is 5.41 Å². The van der Waals surface area contributed by atoms with Crippen molar-refractivity contribution in [1.29, 1.82) is 0 Å². The average molecular weight is 200 g/mol. The highest BCUT2D eigenvalue weighted by molar-refractivity contribution is 5.50. The highest BCUT2D eigenvalue weighted by Gasteiger charge is 2.29. The van der Waals surface area contributed by atoms with Crippen LogP contribution in [-0.4, -0.2) is 0 Å².